The van der Waals surface area contributed by atoms with Crippen molar-refractivity contribution in [2.75, 3.05) is 65.7 Å². The number of nitrogens with one attached hydrogen (secondary N) is 3. The zero-order chi connectivity index (χ0) is 46.6. The highest BCUT2D eigenvalue weighted by Crippen LogP contribution is 2.35. The first-order chi connectivity index (χ1) is 32.9. The molecule has 9 rings (SSSR count). The van der Waals surface area contributed by atoms with Crippen molar-refractivity contribution in [1.82, 2.24) is 16.0 Å². The van der Waals surface area contributed by atoms with Gasteiger partial charge < -0.3 is 49.1 Å². The first kappa shape index (κ1) is 49.0. The number of hydrogen-bond donors (Lipinski definition) is 3. The second-order valence-electron chi connectivity index (χ2n) is 16.1. The van der Waals surface area contributed by atoms with Crippen LogP contribution in [0, 0.1) is 24.4 Å². The van der Waals surface area contributed by atoms with Crippen LogP contribution in [0.15, 0.2) is 152 Å². The fourth-order valence-electron chi connectivity index (χ4n) is 7.78. The van der Waals surface area contributed by atoms with Gasteiger partial charge in [0.05, 0.1) is 26.4 Å². The third-order valence-corrected chi connectivity index (χ3v) is 11.2. The molecule has 0 unspecified atom stereocenters. The van der Waals surface area contributed by atoms with Crippen molar-refractivity contribution in [1.29, 1.82) is 0 Å². The number of ether oxygens (including phenoxy) is 7. The van der Waals surface area contributed by atoms with Gasteiger partial charge in [-0.1, -0.05) is 109 Å². The maximum atomic E-state index is 13.9. The molecule has 6 atom stereocenters. The molecule has 0 spiro atoms. The Kier molecular flexibility index (Phi) is 18.9. The summed E-state index contributed by atoms with van der Waals surface area (Å²) in [6, 6.07) is 44.7. The van der Waals surface area contributed by atoms with E-state index in [9.17, 15) is 13.2 Å². The third kappa shape index (κ3) is 14.5. The van der Waals surface area contributed by atoms with Gasteiger partial charge in [0.15, 0.2) is 52.9 Å². The summed E-state index contributed by atoms with van der Waals surface area (Å²) in [5.74, 6) is 0.863. The lowest BCUT2D eigenvalue weighted by atomic mass is 10.0. The minimum Gasteiger partial charge on any atom is -0.490 e. The highest BCUT2D eigenvalue weighted by molar-refractivity contribution is 5.40. The van der Waals surface area contributed by atoms with Crippen LogP contribution in [0.25, 0.3) is 0 Å². The normalized spacial score (nSPS) is 19.4. The SMILES string of the molecule is CCOc1ccccc1O[C@@H](c1ccc([18F])cc1)[C@@H]1CNCCO1.Cc1ccc([C@H](Oc2ccccc2[18F])[C@@H]2CNCCO2)cc1.[18F]c1ccccc1O[C@@H](c1ccccc1)[C@@H]1CNCCO1. The van der Waals surface area contributed by atoms with E-state index >= 15 is 0 Å². The summed E-state index contributed by atoms with van der Waals surface area (Å²) in [5.41, 5.74) is 4.02. The lowest BCUT2D eigenvalue weighted by molar-refractivity contribution is -0.0442. The smallest absolute Gasteiger partial charge is 0.165 e. The van der Waals surface area contributed by atoms with E-state index < -0.39 is 0 Å². The fraction of sp³-hybridized carbons (Fsp3) is 0.333. The van der Waals surface area contributed by atoms with E-state index in [2.05, 4.69) is 16.0 Å². The molecule has 0 bridgehead atoms. The van der Waals surface area contributed by atoms with Crippen molar-refractivity contribution in [2.45, 2.75) is 50.5 Å². The molecule has 3 fully saturated rings. The molecule has 0 aromatic heterocycles. The van der Waals surface area contributed by atoms with Crippen molar-refractivity contribution in [2.24, 2.45) is 0 Å². The molecule has 0 radical (unpaired) electrons. The Bertz CT molecular complexity index is 2340. The monoisotopic (exact) mass is 916 g/mol. The number of benzene rings is 6. The first-order valence-electron chi connectivity index (χ1n) is 22.9. The number of hydrogen-bond acceptors (Lipinski definition) is 10. The van der Waals surface area contributed by atoms with Gasteiger partial charge in [-0.25, -0.2) is 13.2 Å². The first-order valence-corrected chi connectivity index (χ1v) is 22.9. The predicted molar refractivity (Wildman–Crippen MR) is 252 cm³/mol. The van der Waals surface area contributed by atoms with Crippen molar-refractivity contribution in [3.05, 3.63) is 191 Å². The van der Waals surface area contributed by atoms with Crippen LogP contribution in [0.5, 0.6) is 23.0 Å². The van der Waals surface area contributed by atoms with Gasteiger partial charge in [-0.05, 0) is 79.1 Å². The standard InChI is InChI=1S/C19H22FNO3.C18H20FNO2.C17H18FNO2/c1-2-22-16-5-3-4-6-17(16)24-19(18-13-21-11-12-23-18)14-7-9-15(20)10-8-14;1-13-6-8-14(9-7-13)18(17-12-20-10-11-21-17)22-16-5-3-2-4-15(16)19;18-14-8-4-5-9-15(14)21-17(13-6-2-1-3-7-13)16-12-19-10-11-20-16/h3-10,18-19,21H,2,11-13H2,1H3;2-9,17-18,20H,10-12H2,1H3;1-9,16-17,19H,10-12H2/t18-,19-;17-,18-;16-,17-/m000/s1/i20-1;19-1;18-1. The van der Waals surface area contributed by atoms with Gasteiger partial charge in [-0.2, -0.15) is 0 Å². The summed E-state index contributed by atoms with van der Waals surface area (Å²) in [7, 11) is 0. The number of halogens is 3. The zero-order valence-electron chi connectivity index (χ0n) is 38.0. The van der Waals surface area contributed by atoms with E-state index in [4.69, 9.17) is 33.2 Å². The lowest BCUT2D eigenvalue weighted by Gasteiger charge is -2.32. The fourth-order valence-corrected chi connectivity index (χ4v) is 7.78. The van der Waals surface area contributed by atoms with Crippen LogP contribution in [0.1, 0.15) is 47.5 Å². The Morgan fingerprint density at radius 3 is 1.25 bits per heavy atom. The quantitative estimate of drug-likeness (QED) is 0.0981. The highest BCUT2D eigenvalue weighted by atomic mass is 18.2. The number of aryl methyl sites for hydroxylation is 1. The summed E-state index contributed by atoms with van der Waals surface area (Å²) in [4.78, 5) is 0. The molecule has 3 aliphatic heterocycles. The summed E-state index contributed by atoms with van der Waals surface area (Å²) < 4.78 is 82.3. The highest BCUT2D eigenvalue weighted by Gasteiger charge is 2.31. The topological polar surface area (TPSA) is 101 Å². The van der Waals surface area contributed by atoms with Gasteiger partial charge in [0.1, 0.15) is 24.1 Å². The molecule has 354 valence electrons. The number of rotatable bonds is 14. The molecule has 3 heterocycles. The number of para-hydroxylation sites is 4. The Balaban J connectivity index is 0.000000149. The van der Waals surface area contributed by atoms with E-state index in [1.165, 1.54) is 29.8 Å². The molecule has 0 amide bonds. The molecule has 6 aromatic rings. The van der Waals surface area contributed by atoms with Gasteiger partial charge in [-0.3, -0.25) is 0 Å². The Hall–Kier alpha value is -5.93. The molecule has 13 heteroatoms. The average molecular weight is 917 g/mol. The van der Waals surface area contributed by atoms with Gasteiger partial charge in [0, 0.05) is 39.3 Å². The van der Waals surface area contributed by atoms with E-state index in [1.807, 2.05) is 92.7 Å². The summed E-state index contributed by atoms with van der Waals surface area (Å²) in [5, 5.41) is 9.90. The molecular weight excluding hydrogens is 857 g/mol. The molecule has 10 nitrogen and oxygen atoms in total. The van der Waals surface area contributed by atoms with E-state index in [0.29, 0.717) is 57.6 Å². The van der Waals surface area contributed by atoms with Crippen LogP contribution in [0.4, 0.5) is 13.2 Å². The van der Waals surface area contributed by atoms with Crippen LogP contribution in [-0.2, 0) is 14.2 Å². The van der Waals surface area contributed by atoms with Crippen LogP contribution in [0.2, 0.25) is 0 Å². The van der Waals surface area contributed by atoms with Crippen molar-refractivity contribution >= 4 is 0 Å². The largest absolute Gasteiger partial charge is 0.490 e. The predicted octanol–water partition coefficient (Wildman–Crippen LogP) is 9.51. The van der Waals surface area contributed by atoms with Gasteiger partial charge in [0.25, 0.3) is 0 Å². The number of morpholine rings is 3. The summed E-state index contributed by atoms with van der Waals surface area (Å²) in [6.45, 7) is 11.0. The van der Waals surface area contributed by atoms with Crippen LogP contribution >= 0.6 is 0 Å². The summed E-state index contributed by atoms with van der Waals surface area (Å²) in [6.07, 6.45) is -1.46. The Labute approximate surface area is 391 Å². The van der Waals surface area contributed by atoms with Gasteiger partial charge >= 0.3 is 0 Å². The molecule has 3 aliphatic rings. The molecule has 3 saturated heterocycles. The maximum Gasteiger partial charge on any atom is 0.165 e. The molecule has 3 N–H and O–H groups in total. The summed E-state index contributed by atoms with van der Waals surface area (Å²) >= 11 is 0. The van der Waals surface area contributed by atoms with Crippen molar-refractivity contribution < 1.29 is 46.3 Å². The average Bonchev–Trinajstić information content (AvgIpc) is 3.38. The molecule has 0 aliphatic carbocycles. The van der Waals surface area contributed by atoms with Gasteiger partial charge in [0.2, 0.25) is 0 Å². The van der Waals surface area contributed by atoms with Crippen molar-refractivity contribution in [3.63, 3.8) is 0 Å². The van der Waals surface area contributed by atoms with E-state index in [1.54, 1.807) is 48.5 Å². The Morgan fingerprint density at radius 2 is 0.836 bits per heavy atom. The molecule has 67 heavy (non-hydrogen) atoms. The van der Waals surface area contributed by atoms with Crippen LogP contribution in [0.3, 0.4) is 0 Å². The van der Waals surface area contributed by atoms with E-state index in [-0.39, 0.29) is 65.6 Å². The van der Waals surface area contributed by atoms with E-state index in [0.717, 1.165) is 36.3 Å². The third-order valence-electron chi connectivity index (χ3n) is 11.2. The minimum atomic E-state index is -0.359. The second kappa shape index (κ2) is 25.8. The minimum absolute atomic E-state index is 0.138. The molecule has 6 aromatic carbocycles. The second-order valence-corrected chi connectivity index (χ2v) is 16.1. The zero-order valence-corrected chi connectivity index (χ0v) is 38.0. The molecule has 0 saturated carbocycles. The van der Waals surface area contributed by atoms with Crippen LogP contribution in [-0.4, -0.2) is 84.0 Å². The van der Waals surface area contributed by atoms with Crippen molar-refractivity contribution in [3.8, 4) is 23.0 Å². The van der Waals surface area contributed by atoms with Gasteiger partial charge in [-0.15, -0.1) is 0 Å². The lowest BCUT2D eigenvalue weighted by Crippen LogP contribution is -2.43. The molecular formula is C54H60F3N3O7. The Morgan fingerprint density at radius 1 is 0.463 bits per heavy atom. The van der Waals surface area contributed by atoms with Crippen LogP contribution < -0.4 is 34.9 Å². The maximum absolute atomic E-state index is 13.9.